The highest BCUT2D eigenvalue weighted by molar-refractivity contribution is 9.10. The van der Waals surface area contributed by atoms with Crippen LogP contribution in [-0.4, -0.2) is 27.1 Å². The average Bonchev–Trinajstić information content (AvgIpc) is 2.59. The molecule has 0 amide bonds. The minimum Gasteiger partial charge on any atom is -0.384 e. The van der Waals surface area contributed by atoms with E-state index < -0.39 is 11.7 Å². The van der Waals surface area contributed by atoms with Crippen molar-refractivity contribution in [1.29, 1.82) is 0 Å². The number of nitrogens with zero attached hydrogens (tertiary/aromatic N) is 2. The lowest BCUT2D eigenvalue weighted by atomic mass is 9.88. The second kappa shape index (κ2) is 4.47. The van der Waals surface area contributed by atoms with Crippen molar-refractivity contribution in [3.8, 4) is 0 Å². The summed E-state index contributed by atoms with van der Waals surface area (Å²) >= 11 is 3.41. The van der Waals surface area contributed by atoms with Gasteiger partial charge in [0.15, 0.2) is 0 Å². The SMILES string of the molecule is Cn1ncc(Br)c1C(O)C1(C)CCCCO1. The monoisotopic (exact) mass is 288 g/mol. The number of ether oxygens (including phenoxy) is 1. The quantitative estimate of drug-likeness (QED) is 0.907. The van der Waals surface area contributed by atoms with Crippen molar-refractivity contribution in [3.05, 3.63) is 16.4 Å². The summed E-state index contributed by atoms with van der Waals surface area (Å²) in [5.41, 5.74) is 0.290. The van der Waals surface area contributed by atoms with Gasteiger partial charge in [-0.05, 0) is 42.1 Å². The van der Waals surface area contributed by atoms with E-state index in [2.05, 4.69) is 21.0 Å². The molecule has 2 atom stereocenters. The Balaban J connectivity index is 2.27. The Kier molecular flexibility index (Phi) is 3.37. The van der Waals surface area contributed by atoms with Gasteiger partial charge in [0.05, 0.1) is 22.0 Å². The Labute approximate surface area is 104 Å². The second-order valence-corrected chi connectivity index (χ2v) is 5.38. The fourth-order valence-corrected chi connectivity index (χ4v) is 2.75. The Morgan fingerprint density at radius 2 is 2.38 bits per heavy atom. The van der Waals surface area contributed by atoms with Crippen LogP contribution in [0.2, 0.25) is 0 Å². The van der Waals surface area contributed by atoms with Gasteiger partial charge in [-0.25, -0.2) is 0 Å². The maximum atomic E-state index is 10.4. The van der Waals surface area contributed by atoms with Crippen LogP contribution in [0.25, 0.3) is 0 Å². The smallest absolute Gasteiger partial charge is 0.125 e. The van der Waals surface area contributed by atoms with Crippen LogP contribution in [0.4, 0.5) is 0 Å². The van der Waals surface area contributed by atoms with Crippen LogP contribution < -0.4 is 0 Å². The largest absolute Gasteiger partial charge is 0.384 e. The summed E-state index contributed by atoms with van der Waals surface area (Å²) in [7, 11) is 1.83. The van der Waals surface area contributed by atoms with Crippen molar-refractivity contribution >= 4 is 15.9 Å². The van der Waals surface area contributed by atoms with Crippen molar-refractivity contribution in [3.63, 3.8) is 0 Å². The molecule has 2 unspecified atom stereocenters. The van der Waals surface area contributed by atoms with Crippen LogP contribution in [-0.2, 0) is 11.8 Å². The predicted molar refractivity (Wildman–Crippen MR) is 64.1 cm³/mol. The zero-order valence-electron chi connectivity index (χ0n) is 9.61. The molecule has 1 aliphatic rings. The summed E-state index contributed by atoms with van der Waals surface area (Å²) in [5, 5.41) is 14.6. The summed E-state index contributed by atoms with van der Waals surface area (Å²) in [5.74, 6) is 0. The fraction of sp³-hybridized carbons (Fsp3) is 0.727. The van der Waals surface area contributed by atoms with Crippen molar-refractivity contribution in [1.82, 2.24) is 9.78 Å². The zero-order valence-corrected chi connectivity index (χ0v) is 11.2. The van der Waals surface area contributed by atoms with E-state index in [4.69, 9.17) is 4.74 Å². The molecule has 0 spiro atoms. The number of hydrogen-bond donors (Lipinski definition) is 1. The van der Waals surface area contributed by atoms with E-state index in [1.807, 2.05) is 14.0 Å². The van der Waals surface area contributed by atoms with E-state index in [0.29, 0.717) is 0 Å². The first-order valence-electron chi connectivity index (χ1n) is 5.54. The van der Waals surface area contributed by atoms with Crippen molar-refractivity contribution in [2.45, 2.75) is 37.9 Å². The Morgan fingerprint density at radius 1 is 1.62 bits per heavy atom. The van der Waals surface area contributed by atoms with Gasteiger partial charge in [0.2, 0.25) is 0 Å². The van der Waals surface area contributed by atoms with Gasteiger partial charge in [-0.2, -0.15) is 5.10 Å². The Morgan fingerprint density at radius 3 is 2.88 bits per heavy atom. The lowest BCUT2D eigenvalue weighted by molar-refractivity contribution is -0.140. The summed E-state index contributed by atoms with van der Waals surface area (Å²) in [6.07, 6.45) is 4.11. The highest BCUT2D eigenvalue weighted by Crippen LogP contribution is 2.38. The van der Waals surface area contributed by atoms with Crippen LogP contribution in [0.15, 0.2) is 10.7 Å². The molecule has 0 bridgehead atoms. The Bertz CT molecular complexity index is 353. The summed E-state index contributed by atoms with van der Waals surface area (Å²) in [4.78, 5) is 0. The third-order valence-electron chi connectivity index (χ3n) is 3.27. The van der Waals surface area contributed by atoms with Crippen LogP contribution in [0, 0.1) is 0 Å². The highest BCUT2D eigenvalue weighted by Gasteiger charge is 2.39. The molecule has 5 heteroatoms. The van der Waals surface area contributed by atoms with Gasteiger partial charge >= 0.3 is 0 Å². The molecule has 0 aromatic carbocycles. The number of aryl methyl sites for hydroxylation is 1. The first kappa shape index (κ1) is 12.1. The van der Waals surface area contributed by atoms with Gasteiger partial charge in [0, 0.05) is 13.7 Å². The molecule has 0 radical (unpaired) electrons. The van der Waals surface area contributed by atoms with E-state index in [-0.39, 0.29) is 0 Å². The minimum atomic E-state index is -0.644. The molecule has 1 N–H and O–H groups in total. The maximum absolute atomic E-state index is 10.4. The molecule has 1 saturated heterocycles. The number of aliphatic hydroxyl groups is 1. The van der Waals surface area contributed by atoms with E-state index in [1.165, 1.54) is 0 Å². The number of halogens is 1. The first-order valence-corrected chi connectivity index (χ1v) is 6.33. The third kappa shape index (κ3) is 2.04. The second-order valence-electron chi connectivity index (χ2n) is 4.52. The molecule has 16 heavy (non-hydrogen) atoms. The molecule has 1 aromatic rings. The van der Waals surface area contributed by atoms with Crippen LogP contribution >= 0.6 is 15.9 Å². The summed E-state index contributed by atoms with van der Waals surface area (Å²) in [6.45, 7) is 2.69. The standard InChI is InChI=1S/C11H17BrN2O2/c1-11(5-3-4-6-16-11)10(15)9-8(12)7-13-14(9)2/h7,10,15H,3-6H2,1-2H3. The lowest BCUT2D eigenvalue weighted by Crippen LogP contribution is -2.40. The normalized spacial score (nSPS) is 28.0. The first-order chi connectivity index (χ1) is 7.54. The maximum Gasteiger partial charge on any atom is 0.125 e. The van der Waals surface area contributed by atoms with E-state index >= 15 is 0 Å². The highest BCUT2D eigenvalue weighted by atomic mass is 79.9. The van der Waals surface area contributed by atoms with Crippen LogP contribution in [0.1, 0.15) is 38.0 Å². The molecule has 0 aliphatic carbocycles. The van der Waals surface area contributed by atoms with Gasteiger partial charge in [0.1, 0.15) is 6.10 Å². The van der Waals surface area contributed by atoms with E-state index in [9.17, 15) is 5.11 Å². The third-order valence-corrected chi connectivity index (χ3v) is 3.89. The van der Waals surface area contributed by atoms with Gasteiger partial charge in [-0.1, -0.05) is 0 Å². The van der Waals surface area contributed by atoms with E-state index in [1.54, 1.807) is 10.9 Å². The zero-order chi connectivity index (χ0) is 11.8. The molecular formula is C11H17BrN2O2. The number of hydrogen-bond acceptors (Lipinski definition) is 3. The Hall–Kier alpha value is -0.390. The fourth-order valence-electron chi connectivity index (χ4n) is 2.19. The molecule has 90 valence electrons. The molecule has 1 aliphatic heterocycles. The lowest BCUT2D eigenvalue weighted by Gasteiger charge is -2.37. The topological polar surface area (TPSA) is 47.3 Å². The molecule has 1 fully saturated rings. The minimum absolute atomic E-state index is 0.492. The van der Waals surface area contributed by atoms with Gasteiger partial charge in [-0.3, -0.25) is 4.68 Å². The van der Waals surface area contributed by atoms with Crippen molar-refractivity contribution in [2.75, 3.05) is 6.61 Å². The molecule has 1 aromatic heterocycles. The average molecular weight is 289 g/mol. The van der Waals surface area contributed by atoms with Gasteiger partial charge < -0.3 is 9.84 Å². The van der Waals surface area contributed by atoms with Gasteiger partial charge in [0.25, 0.3) is 0 Å². The number of aliphatic hydroxyl groups excluding tert-OH is 1. The van der Waals surface area contributed by atoms with Crippen molar-refractivity contribution in [2.24, 2.45) is 7.05 Å². The molecular weight excluding hydrogens is 272 g/mol. The molecule has 0 saturated carbocycles. The van der Waals surface area contributed by atoms with Crippen LogP contribution in [0.3, 0.4) is 0 Å². The molecule has 2 heterocycles. The number of rotatable bonds is 2. The molecule has 4 nitrogen and oxygen atoms in total. The summed E-state index contributed by atoms with van der Waals surface area (Å²) in [6, 6.07) is 0. The summed E-state index contributed by atoms with van der Waals surface area (Å²) < 4.78 is 8.27. The van der Waals surface area contributed by atoms with Crippen LogP contribution in [0.5, 0.6) is 0 Å². The van der Waals surface area contributed by atoms with Crippen molar-refractivity contribution < 1.29 is 9.84 Å². The predicted octanol–water partition coefficient (Wildman–Crippen LogP) is 2.18. The number of aromatic nitrogens is 2. The van der Waals surface area contributed by atoms with Gasteiger partial charge in [-0.15, -0.1) is 0 Å². The molecule has 2 rings (SSSR count). The van der Waals surface area contributed by atoms with E-state index in [0.717, 1.165) is 36.0 Å².